The Labute approximate surface area is 212 Å². The van der Waals surface area contributed by atoms with Crippen molar-refractivity contribution in [1.82, 2.24) is 5.32 Å². The highest BCUT2D eigenvalue weighted by Crippen LogP contribution is 2.36. The van der Waals surface area contributed by atoms with Crippen LogP contribution in [0.5, 0.6) is 11.5 Å². The number of carbonyl (C=O) groups is 1. The summed E-state index contributed by atoms with van der Waals surface area (Å²) in [5, 5.41) is 12.3. The average Bonchev–Trinajstić information content (AvgIpc) is 2.87. The van der Waals surface area contributed by atoms with E-state index in [1.807, 2.05) is 31.2 Å². The van der Waals surface area contributed by atoms with Gasteiger partial charge in [0.05, 0.1) is 12.7 Å². The van der Waals surface area contributed by atoms with E-state index in [0.717, 1.165) is 35.6 Å². The van der Waals surface area contributed by atoms with Gasteiger partial charge in [-0.2, -0.15) is 13.2 Å². The molecule has 0 saturated carbocycles. The van der Waals surface area contributed by atoms with E-state index in [4.69, 9.17) is 14.6 Å². The second kappa shape index (κ2) is 11.9. The van der Waals surface area contributed by atoms with Crippen LogP contribution in [-0.2, 0) is 11.0 Å². The van der Waals surface area contributed by atoms with Crippen molar-refractivity contribution in [2.45, 2.75) is 26.1 Å². The highest BCUT2D eigenvalue weighted by atomic mass is 19.4. The summed E-state index contributed by atoms with van der Waals surface area (Å²) in [6.07, 6.45) is -3.50. The van der Waals surface area contributed by atoms with Crippen molar-refractivity contribution in [1.29, 1.82) is 0 Å². The Morgan fingerprint density at radius 2 is 1.81 bits per heavy atom. The zero-order valence-electron chi connectivity index (χ0n) is 20.5. The lowest BCUT2D eigenvalue weighted by Crippen LogP contribution is -2.24. The molecule has 0 aliphatic carbocycles. The summed E-state index contributed by atoms with van der Waals surface area (Å²) in [5.41, 5.74) is 0.352. The fraction of sp³-hybridized carbons (Fsp3) is 0.250. The van der Waals surface area contributed by atoms with E-state index in [-0.39, 0.29) is 40.7 Å². The molecule has 0 amide bonds. The Balaban J connectivity index is 1.79. The second-order valence-electron chi connectivity index (χ2n) is 8.41. The molecule has 3 rings (SSSR count). The van der Waals surface area contributed by atoms with Gasteiger partial charge in [0.25, 0.3) is 0 Å². The number of hydrogen-bond donors (Lipinski definition) is 2. The van der Waals surface area contributed by atoms with Crippen LogP contribution in [0.2, 0.25) is 0 Å². The summed E-state index contributed by atoms with van der Waals surface area (Å²) in [7, 11) is 1.58. The molecule has 3 aromatic rings. The molecule has 0 aliphatic heterocycles. The van der Waals surface area contributed by atoms with Gasteiger partial charge in [0.2, 0.25) is 0 Å². The quantitative estimate of drug-likeness (QED) is 0.177. The smallest absolute Gasteiger partial charge is 0.416 e. The number of hydrogen-bond acceptors (Lipinski definition) is 4. The van der Waals surface area contributed by atoms with Crippen molar-refractivity contribution in [2.24, 2.45) is 0 Å². The van der Waals surface area contributed by atoms with Crippen LogP contribution in [0, 0.1) is 5.82 Å². The molecular formula is C28H27F4NO4. The van der Waals surface area contributed by atoms with E-state index < -0.39 is 23.5 Å². The minimum absolute atomic E-state index is 0.00351. The molecule has 0 heterocycles. The predicted octanol–water partition coefficient (Wildman–Crippen LogP) is 6.74. The van der Waals surface area contributed by atoms with Gasteiger partial charge in [-0.15, -0.1) is 0 Å². The van der Waals surface area contributed by atoms with Gasteiger partial charge >= 0.3 is 12.1 Å². The monoisotopic (exact) mass is 517 g/mol. The van der Waals surface area contributed by atoms with Crippen molar-refractivity contribution in [3.63, 3.8) is 0 Å². The molecule has 9 heteroatoms. The van der Waals surface area contributed by atoms with Gasteiger partial charge in [0.1, 0.15) is 23.9 Å². The van der Waals surface area contributed by atoms with E-state index in [1.54, 1.807) is 7.11 Å². The zero-order valence-corrected chi connectivity index (χ0v) is 20.5. The number of rotatable bonds is 10. The van der Waals surface area contributed by atoms with Crippen molar-refractivity contribution in [3.05, 3.63) is 88.7 Å². The van der Waals surface area contributed by atoms with E-state index in [1.165, 1.54) is 25.1 Å². The summed E-state index contributed by atoms with van der Waals surface area (Å²) in [5.74, 6) is -1.20. The first-order valence-electron chi connectivity index (χ1n) is 11.4. The molecular weight excluding hydrogens is 490 g/mol. The first kappa shape index (κ1) is 27.7. The Bertz CT molecular complexity index is 1290. The predicted molar refractivity (Wildman–Crippen MR) is 133 cm³/mol. The molecule has 196 valence electrons. The number of methoxy groups -OCH3 is 1. The maximum Gasteiger partial charge on any atom is 0.416 e. The summed E-state index contributed by atoms with van der Waals surface area (Å²) in [4.78, 5) is 11.1. The Kier molecular flexibility index (Phi) is 8.94. The summed E-state index contributed by atoms with van der Waals surface area (Å²) in [6.45, 7) is 3.71. The molecule has 0 saturated heterocycles. The number of alkyl halides is 3. The van der Waals surface area contributed by atoms with E-state index in [2.05, 4.69) is 5.32 Å². The molecule has 0 fully saturated rings. The number of benzene rings is 3. The number of carboxylic acid groups (broad SMARTS) is 1. The molecule has 0 bridgehead atoms. The largest absolute Gasteiger partial charge is 0.497 e. The topological polar surface area (TPSA) is 67.8 Å². The third-order valence-corrected chi connectivity index (χ3v) is 5.69. The lowest BCUT2D eigenvalue weighted by molar-refractivity contribution is -0.137. The van der Waals surface area contributed by atoms with Crippen molar-refractivity contribution in [2.75, 3.05) is 20.3 Å². The average molecular weight is 518 g/mol. The standard InChI is InChI=1S/C28H27F4NO4/c1-17(27(34)35)11-22-12-20(7-8-26(22)29)21-13-23(28(30,31)32)16-25(15-21)37-10-9-33-18(2)19-5-4-6-24(14-19)36-3/h4-8,11-16,18,33H,9-10H2,1-3H3,(H,34,35)/b17-11+/t18-/m1/s1. The first-order chi connectivity index (χ1) is 17.5. The number of aliphatic carboxylic acids is 1. The Morgan fingerprint density at radius 3 is 2.49 bits per heavy atom. The molecule has 2 N–H and O–H groups in total. The fourth-order valence-electron chi connectivity index (χ4n) is 3.61. The second-order valence-corrected chi connectivity index (χ2v) is 8.41. The van der Waals surface area contributed by atoms with Crippen molar-refractivity contribution < 1.29 is 36.9 Å². The maximum atomic E-state index is 14.2. The van der Waals surface area contributed by atoms with Crippen LogP contribution < -0.4 is 14.8 Å². The van der Waals surface area contributed by atoms with Crippen LogP contribution in [0.25, 0.3) is 17.2 Å². The number of ether oxygens (including phenoxy) is 2. The highest BCUT2D eigenvalue weighted by molar-refractivity contribution is 5.91. The van der Waals surface area contributed by atoms with Gasteiger partial charge in [-0.05, 0) is 79.1 Å². The maximum absolute atomic E-state index is 14.2. The van der Waals surface area contributed by atoms with Gasteiger partial charge < -0.3 is 19.9 Å². The fourth-order valence-corrected chi connectivity index (χ4v) is 3.61. The molecule has 0 aliphatic rings. The molecule has 3 aromatic carbocycles. The number of carboxylic acids is 1. The molecule has 0 radical (unpaired) electrons. The molecule has 5 nitrogen and oxygen atoms in total. The van der Waals surface area contributed by atoms with Crippen LogP contribution in [-0.4, -0.2) is 31.3 Å². The van der Waals surface area contributed by atoms with Gasteiger partial charge in [0, 0.05) is 23.7 Å². The molecule has 0 aromatic heterocycles. The van der Waals surface area contributed by atoms with Crippen molar-refractivity contribution >= 4 is 12.0 Å². The molecule has 0 spiro atoms. The van der Waals surface area contributed by atoms with E-state index in [9.17, 15) is 22.4 Å². The van der Waals surface area contributed by atoms with Crippen LogP contribution in [0.15, 0.2) is 66.2 Å². The van der Waals surface area contributed by atoms with Crippen LogP contribution in [0.3, 0.4) is 0 Å². The molecule has 37 heavy (non-hydrogen) atoms. The molecule has 0 unspecified atom stereocenters. The SMILES string of the molecule is COc1cccc([C@@H](C)NCCOc2cc(-c3ccc(F)c(/C=C(\C)C(=O)O)c3)cc(C(F)(F)F)c2)c1. The van der Waals surface area contributed by atoms with Crippen LogP contribution in [0.4, 0.5) is 17.6 Å². The minimum atomic E-state index is -4.63. The van der Waals surface area contributed by atoms with Crippen LogP contribution >= 0.6 is 0 Å². The normalized spacial score (nSPS) is 12.8. The number of nitrogens with one attached hydrogen (secondary N) is 1. The zero-order chi connectivity index (χ0) is 27.2. The van der Waals surface area contributed by atoms with Gasteiger partial charge in [-0.25, -0.2) is 9.18 Å². The number of halogens is 4. The summed E-state index contributed by atoms with van der Waals surface area (Å²) >= 11 is 0. The molecule has 1 atom stereocenters. The minimum Gasteiger partial charge on any atom is -0.497 e. The van der Waals surface area contributed by atoms with Gasteiger partial charge in [-0.3, -0.25) is 0 Å². The van der Waals surface area contributed by atoms with E-state index >= 15 is 0 Å². The lowest BCUT2D eigenvalue weighted by Gasteiger charge is -2.17. The Hall–Kier alpha value is -3.85. The third kappa shape index (κ3) is 7.57. The lowest BCUT2D eigenvalue weighted by atomic mass is 9.99. The van der Waals surface area contributed by atoms with E-state index in [0.29, 0.717) is 6.54 Å². The summed E-state index contributed by atoms with van der Waals surface area (Å²) < 4.78 is 65.9. The van der Waals surface area contributed by atoms with Crippen molar-refractivity contribution in [3.8, 4) is 22.6 Å². The van der Waals surface area contributed by atoms with Gasteiger partial charge in [0.15, 0.2) is 0 Å². The highest BCUT2D eigenvalue weighted by Gasteiger charge is 2.31. The van der Waals surface area contributed by atoms with Crippen LogP contribution in [0.1, 0.15) is 36.6 Å². The third-order valence-electron chi connectivity index (χ3n) is 5.69. The Morgan fingerprint density at radius 1 is 1.05 bits per heavy atom. The summed E-state index contributed by atoms with van der Waals surface area (Å²) in [6, 6.07) is 14.5. The first-order valence-corrected chi connectivity index (χ1v) is 11.4. The van der Waals surface area contributed by atoms with Gasteiger partial charge in [-0.1, -0.05) is 18.2 Å².